The van der Waals surface area contributed by atoms with Gasteiger partial charge in [0, 0.05) is 12.5 Å². The first-order chi connectivity index (χ1) is 5.70. The van der Waals surface area contributed by atoms with Crippen molar-refractivity contribution in [3.05, 3.63) is 42.3 Å². The van der Waals surface area contributed by atoms with Crippen LogP contribution in [-0.2, 0) is 9.53 Å². The number of benzene rings is 1. The Balaban J connectivity index is 2.63. The Kier molecular flexibility index (Phi) is 2.80. The highest BCUT2D eigenvalue weighted by Gasteiger charge is 2.02. The zero-order valence-electron chi connectivity index (χ0n) is 6.58. The van der Waals surface area contributed by atoms with Crippen molar-refractivity contribution in [1.29, 1.82) is 0 Å². The molecule has 0 bridgehead atoms. The van der Waals surface area contributed by atoms with Crippen LogP contribution in [-0.4, -0.2) is 5.97 Å². The molecule has 1 aromatic rings. The van der Waals surface area contributed by atoms with Gasteiger partial charge in [-0.2, -0.15) is 0 Å². The fourth-order valence-corrected chi connectivity index (χ4v) is 0.717. The Morgan fingerprint density at radius 2 is 2.17 bits per heavy atom. The Morgan fingerprint density at radius 1 is 1.50 bits per heavy atom. The fourth-order valence-electron chi connectivity index (χ4n) is 0.717. The lowest BCUT2D eigenvalue weighted by atomic mass is 10.2. The topological polar surface area (TPSA) is 26.3 Å². The van der Waals surface area contributed by atoms with Crippen molar-refractivity contribution in [3.8, 4) is 0 Å². The standard InChI is InChI=1S/C9H8FO2/c1-7(11)12-6-8-4-2-3-5-9(8)10/h2-6H,1H3. The molecule has 1 radical (unpaired) electrons. The van der Waals surface area contributed by atoms with E-state index in [9.17, 15) is 9.18 Å². The van der Waals surface area contributed by atoms with Gasteiger partial charge in [0.1, 0.15) is 5.82 Å². The van der Waals surface area contributed by atoms with Crippen LogP contribution in [0.3, 0.4) is 0 Å². The van der Waals surface area contributed by atoms with Crippen LogP contribution in [0.5, 0.6) is 0 Å². The van der Waals surface area contributed by atoms with E-state index in [-0.39, 0.29) is 5.56 Å². The molecule has 2 nitrogen and oxygen atoms in total. The van der Waals surface area contributed by atoms with E-state index in [1.807, 2.05) is 0 Å². The Labute approximate surface area is 70.0 Å². The lowest BCUT2D eigenvalue weighted by molar-refractivity contribution is -0.137. The molecule has 0 aliphatic rings. The Hall–Kier alpha value is -1.38. The molecule has 0 aliphatic heterocycles. The number of carbonyl (C=O) groups excluding carboxylic acids is 1. The largest absolute Gasteiger partial charge is 0.453 e. The molecule has 63 valence electrons. The van der Waals surface area contributed by atoms with Gasteiger partial charge >= 0.3 is 5.97 Å². The van der Waals surface area contributed by atoms with E-state index in [1.54, 1.807) is 12.1 Å². The van der Waals surface area contributed by atoms with Crippen LogP contribution in [0.1, 0.15) is 12.5 Å². The predicted octanol–water partition coefficient (Wildman–Crippen LogP) is 1.90. The van der Waals surface area contributed by atoms with E-state index in [0.29, 0.717) is 0 Å². The van der Waals surface area contributed by atoms with Gasteiger partial charge in [-0.1, -0.05) is 18.2 Å². The molecule has 0 heterocycles. The second-order valence-corrected chi connectivity index (χ2v) is 2.25. The first-order valence-corrected chi connectivity index (χ1v) is 3.45. The fraction of sp³-hybridized carbons (Fsp3) is 0.111. The summed E-state index contributed by atoms with van der Waals surface area (Å²) >= 11 is 0. The van der Waals surface area contributed by atoms with Gasteiger partial charge in [0.25, 0.3) is 0 Å². The smallest absolute Gasteiger partial charge is 0.303 e. The summed E-state index contributed by atoms with van der Waals surface area (Å²) in [6, 6.07) is 6.06. The van der Waals surface area contributed by atoms with Crippen molar-refractivity contribution in [3.63, 3.8) is 0 Å². The molecular weight excluding hydrogens is 159 g/mol. The van der Waals surface area contributed by atoms with E-state index < -0.39 is 11.8 Å². The molecule has 1 rings (SSSR count). The molecule has 0 amide bonds. The van der Waals surface area contributed by atoms with E-state index in [0.717, 1.165) is 6.61 Å². The summed E-state index contributed by atoms with van der Waals surface area (Å²) in [5.41, 5.74) is 0.271. The average Bonchev–Trinajstić information content (AvgIpc) is 2.03. The lowest BCUT2D eigenvalue weighted by Crippen LogP contribution is -1.97. The highest BCUT2D eigenvalue weighted by Crippen LogP contribution is 2.08. The minimum absolute atomic E-state index is 0.271. The zero-order valence-corrected chi connectivity index (χ0v) is 6.58. The third kappa shape index (κ3) is 2.34. The van der Waals surface area contributed by atoms with Crippen LogP contribution < -0.4 is 0 Å². The number of halogens is 1. The molecule has 0 unspecified atom stereocenters. The van der Waals surface area contributed by atoms with Crippen LogP contribution in [0.25, 0.3) is 0 Å². The maximum Gasteiger partial charge on any atom is 0.303 e. The first-order valence-electron chi connectivity index (χ1n) is 3.45. The maximum atomic E-state index is 12.8. The Bertz CT molecular complexity index is 284. The van der Waals surface area contributed by atoms with E-state index in [1.165, 1.54) is 19.1 Å². The summed E-state index contributed by atoms with van der Waals surface area (Å²) in [5.74, 6) is -0.864. The van der Waals surface area contributed by atoms with Gasteiger partial charge in [-0.05, 0) is 6.07 Å². The minimum atomic E-state index is -0.460. The van der Waals surface area contributed by atoms with Gasteiger partial charge < -0.3 is 4.74 Å². The SMILES string of the molecule is CC(=O)O[CH]c1ccccc1F. The lowest BCUT2D eigenvalue weighted by Gasteiger charge is -2.00. The first kappa shape index (κ1) is 8.71. The van der Waals surface area contributed by atoms with Crippen molar-refractivity contribution in [2.24, 2.45) is 0 Å². The van der Waals surface area contributed by atoms with E-state index in [4.69, 9.17) is 0 Å². The monoisotopic (exact) mass is 167 g/mol. The number of ether oxygens (including phenoxy) is 1. The molecule has 0 aliphatic carbocycles. The van der Waals surface area contributed by atoms with Gasteiger partial charge in [0.05, 0.1) is 0 Å². The van der Waals surface area contributed by atoms with Gasteiger partial charge in [0.15, 0.2) is 6.61 Å². The summed E-state index contributed by atoms with van der Waals surface area (Å²) < 4.78 is 17.3. The van der Waals surface area contributed by atoms with Crippen molar-refractivity contribution >= 4 is 5.97 Å². The van der Waals surface area contributed by atoms with Gasteiger partial charge in [-0.25, -0.2) is 4.39 Å². The normalized spacial score (nSPS) is 9.50. The zero-order chi connectivity index (χ0) is 8.97. The Morgan fingerprint density at radius 3 is 2.75 bits per heavy atom. The summed E-state index contributed by atoms with van der Waals surface area (Å²) in [6.07, 6.45) is 0. The van der Waals surface area contributed by atoms with Crippen molar-refractivity contribution in [1.82, 2.24) is 0 Å². The molecule has 0 fully saturated rings. The molecule has 12 heavy (non-hydrogen) atoms. The van der Waals surface area contributed by atoms with Crippen LogP contribution in [0.15, 0.2) is 24.3 Å². The van der Waals surface area contributed by atoms with Crippen molar-refractivity contribution < 1.29 is 13.9 Å². The number of rotatable bonds is 2. The van der Waals surface area contributed by atoms with Crippen LogP contribution >= 0.6 is 0 Å². The number of hydrogen-bond donors (Lipinski definition) is 0. The molecule has 0 saturated carbocycles. The molecule has 0 saturated heterocycles. The van der Waals surface area contributed by atoms with Crippen LogP contribution in [0.2, 0.25) is 0 Å². The quantitative estimate of drug-likeness (QED) is 0.629. The van der Waals surface area contributed by atoms with Crippen molar-refractivity contribution in [2.75, 3.05) is 0 Å². The average molecular weight is 167 g/mol. The molecule has 0 aromatic heterocycles. The second-order valence-electron chi connectivity index (χ2n) is 2.25. The molecule has 0 N–H and O–H groups in total. The summed E-state index contributed by atoms with van der Waals surface area (Å²) in [7, 11) is 0. The summed E-state index contributed by atoms with van der Waals surface area (Å²) in [4.78, 5) is 10.4. The third-order valence-electron chi connectivity index (χ3n) is 1.26. The highest BCUT2D eigenvalue weighted by atomic mass is 19.1. The molecule has 0 atom stereocenters. The molecule has 0 spiro atoms. The van der Waals surface area contributed by atoms with Crippen LogP contribution in [0.4, 0.5) is 4.39 Å². The number of carbonyl (C=O) groups is 1. The van der Waals surface area contributed by atoms with Gasteiger partial charge in [-0.3, -0.25) is 4.79 Å². The number of hydrogen-bond acceptors (Lipinski definition) is 2. The maximum absolute atomic E-state index is 12.8. The predicted molar refractivity (Wildman–Crippen MR) is 41.6 cm³/mol. The highest BCUT2D eigenvalue weighted by molar-refractivity contribution is 5.66. The van der Waals surface area contributed by atoms with Crippen molar-refractivity contribution in [2.45, 2.75) is 6.92 Å². The summed E-state index contributed by atoms with van der Waals surface area (Å²) in [6.45, 7) is 2.36. The third-order valence-corrected chi connectivity index (χ3v) is 1.26. The molecular formula is C9H8FO2. The van der Waals surface area contributed by atoms with E-state index in [2.05, 4.69) is 4.74 Å². The summed E-state index contributed by atoms with van der Waals surface area (Å²) in [5, 5.41) is 0. The van der Waals surface area contributed by atoms with Crippen LogP contribution in [0, 0.1) is 12.4 Å². The van der Waals surface area contributed by atoms with E-state index >= 15 is 0 Å². The molecule has 3 heteroatoms. The molecule has 1 aromatic carbocycles. The number of esters is 1. The second kappa shape index (κ2) is 3.85. The van der Waals surface area contributed by atoms with Gasteiger partial charge in [-0.15, -0.1) is 0 Å². The van der Waals surface area contributed by atoms with Gasteiger partial charge in [0.2, 0.25) is 0 Å². The minimum Gasteiger partial charge on any atom is -0.453 e.